The van der Waals surface area contributed by atoms with Crippen LogP contribution in [0.15, 0.2) is 0 Å². The molecule has 68 valence electrons. The number of ether oxygens (including phenoxy) is 1. The zero-order valence-electron chi connectivity index (χ0n) is 6.62. The van der Waals surface area contributed by atoms with Crippen molar-refractivity contribution in [2.24, 2.45) is 0 Å². The van der Waals surface area contributed by atoms with Crippen LogP contribution < -0.4 is 0 Å². The normalized spacial score (nSPS) is 11.8. The maximum absolute atomic E-state index is 10.2. The van der Waals surface area contributed by atoms with Crippen LogP contribution in [0.3, 0.4) is 0 Å². The highest BCUT2D eigenvalue weighted by Crippen LogP contribution is 1.97. The molecule has 0 bridgehead atoms. The van der Waals surface area contributed by atoms with E-state index < -0.39 is 10.1 Å². The molecule has 0 unspecified atom stereocenters. The Morgan fingerprint density at radius 2 is 1.91 bits per heavy atom. The third-order valence-corrected chi connectivity index (χ3v) is 2.06. The van der Waals surface area contributed by atoms with E-state index in [0.717, 1.165) is 12.8 Å². The molecule has 0 heterocycles. The van der Waals surface area contributed by atoms with Gasteiger partial charge in [0, 0.05) is 13.7 Å². The first-order valence-corrected chi connectivity index (χ1v) is 5.11. The Morgan fingerprint density at radius 1 is 1.27 bits per heavy atom. The van der Waals surface area contributed by atoms with Crippen molar-refractivity contribution in [1.29, 1.82) is 0 Å². The van der Waals surface area contributed by atoms with Crippen molar-refractivity contribution in [3.8, 4) is 0 Å². The van der Waals surface area contributed by atoms with Gasteiger partial charge in [-0.3, -0.25) is 4.55 Å². The fraction of sp³-hybridized carbons (Fsp3) is 1.00. The third kappa shape index (κ3) is 9.87. The highest BCUT2D eigenvalue weighted by Gasteiger charge is 2.02. The fourth-order valence-electron chi connectivity index (χ4n) is 0.708. The van der Waals surface area contributed by atoms with E-state index in [1.807, 2.05) is 0 Å². The fourth-order valence-corrected chi connectivity index (χ4v) is 1.28. The molecule has 0 rings (SSSR count). The van der Waals surface area contributed by atoms with Crippen molar-refractivity contribution < 1.29 is 17.7 Å². The monoisotopic (exact) mass is 182 g/mol. The second-order valence-electron chi connectivity index (χ2n) is 2.34. The van der Waals surface area contributed by atoms with Crippen LogP contribution in [0.25, 0.3) is 0 Å². The summed E-state index contributed by atoms with van der Waals surface area (Å²) in [5.74, 6) is -0.142. The minimum Gasteiger partial charge on any atom is -0.385 e. The third-order valence-electron chi connectivity index (χ3n) is 1.25. The maximum Gasteiger partial charge on any atom is 0.264 e. The van der Waals surface area contributed by atoms with Gasteiger partial charge in [-0.1, -0.05) is 6.42 Å². The van der Waals surface area contributed by atoms with Crippen molar-refractivity contribution in [3.63, 3.8) is 0 Å². The minimum atomic E-state index is -3.75. The maximum atomic E-state index is 10.2. The Balaban J connectivity index is 3.16. The van der Waals surface area contributed by atoms with Crippen molar-refractivity contribution in [3.05, 3.63) is 0 Å². The average molecular weight is 182 g/mol. The van der Waals surface area contributed by atoms with Gasteiger partial charge in [-0.15, -0.1) is 0 Å². The number of hydrogen-bond donors (Lipinski definition) is 1. The van der Waals surface area contributed by atoms with Crippen molar-refractivity contribution in [2.45, 2.75) is 19.3 Å². The molecule has 0 atom stereocenters. The molecule has 0 aliphatic heterocycles. The first kappa shape index (κ1) is 10.9. The van der Waals surface area contributed by atoms with Crippen molar-refractivity contribution in [2.75, 3.05) is 19.5 Å². The first-order valence-electron chi connectivity index (χ1n) is 3.50. The molecule has 11 heavy (non-hydrogen) atoms. The van der Waals surface area contributed by atoms with Crippen LogP contribution >= 0.6 is 0 Å². The smallest absolute Gasteiger partial charge is 0.264 e. The Morgan fingerprint density at radius 3 is 2.36 bits per heavy atom. The summed E-state index contributed by atoms with van der Waals surface area (Å²) in [5.41, 5.74) is 0. The van der Waals surface area contributed by atoms with Crippen LogP contribution in [-0.2, 0) is 14.9 Å². The average Bonchev–Trinajstić information content (AvgIpc) is 1.85. The number of methoxy groups -OCH3 is 1. The van der Waals surface area contributed by atoms with E-state index in [9.17, 15) is 8.42 Å². The van der Waals surface area contributed by atoms with E-state index in [1.54, 1.807) is 7.11 Å². The molecular formula is C6H14O4S. The van der Waals surface area contributed by atoms with Gasteiger partial charge < -0.3 is 4.74 Å². The SMILES string of the molecule is COCCCCCS(=O)(=O)O. The van der Waals surface area contributed by atoms with E-state index in [0.29, 0.717) is 13.0 Å². The van der Waals surface area contributed by atoms with Gasteiger partial charge in [0.2, 0.25) is 0 Å². The molecule has 0 radical (unpaired) electrons. The van der Waals surface area contributed by atoms with E-state index in [-0.39, 0.29) is 5.75 Å². The summed E-state index contributed by atoms with van der Waals surface area (Å²) in [7, 11) is -2.15. The molecule has 0 aromatic rings. The van der Waals surface area contributed by atoms with Crippen LogP contribution in [0.4, 0.5) is 0 Å². The molecule has 1 N–H and O–H groups in total. The lowest BCUT2D eigenvalue weighted by molar-refractivity contribution is 0.192. The quantitative estimate of drug-likeness (QED) is 0.485. The van der Waals surface area contributed by atoms with Gasteiger partial charge in [-0.25, -0.2) is 0 Å². The van der Waals surface area contributed by atoms with Gasteiger partial charge in [0.15, 0.2) is 0 Å². The summed E-state index contributed by atoms with van der Waals surface area (Å²) in [4.78, 5) is 0. The molecule has 0 spiro atoms. The van der Waals surface area contributed by atoms with Gasteiger partial charge in [0.05, 0.1) is 5.75 Å². The Kier molecular flexibility index (Phi) is 5.45. The molecule has 0 saturated carbocycles. The number of hydrogen-bond acceptors (Lipinski definition) is 3. The molecule has 5 heteroatoms. The van der Waals surface area contributed by atoms with E-state index in [2.05, 4.69) is 0 Å². The molecule has 0 aliphatic rings. The zero-order chi connectivity index (χ0) is 8.74. The van der Waals surface area contributed by atoms with E-state index in [4.69, 9.17) is 9.29 Å². The van der Waals surface area contributed by atoms with Gasteiger partial charge >= 0.3 is 0 Å². The summed E-state index contributed by atoms with van der Waals surface area (Å²) in [6.07, 6.45) is 2.11. The van der Waals surface area contributed by atoms with Crippen LogP contribution in [0.1, 0.15) is 19.3 Å². The molecule has 4 nitrogen and oxygen atoms in total. The molecule has 0 aliphatic carbocycles. The Labute approximate surface area is 67.3 Å². The van der Waals surface area contributed by atoms with E-state index >= 15 is 0 Å². The van der Waals surface area contributed by atoms with Crippen LogP contribution in [0.2, 0.25) is 0 Å². The lowest BCUT2D eigenvalue weighted by Gasteiger charge is -1.97. The van der Waals surface area contributed by atoms with E-state index in [1.165, 1.54) is 0 Å². The van der Waals surface area contributed by atoms with Gasteiger partial charge in [-0.2, -0.15) is 8.42 Å². The summed E-state index contributed by atoms with van der Waals surface area (Å²) in [5, 5.41) is 0. The molecule has 0 aromatic carbocycles. The summed E-state index contributed by atoms with van der Waals surface area (Å²) < 4.78 is 33.5. The predicted molar refractivity (Wildman–Crippen MR) is 42.1 cm³/mol. The topological polar surface area (TPSA) is 63.6 Å². The molecule has 0 aromatic heterocycles. The minimum absolute atomic E-state index is 0.142. The Hall–Kier alpha value is -0.130. The standard InChI is InChI=1S/C6H14O4S/c1-10-5-3-2-4-6-11(7,8)9/h2-6H2,1H3,(H,7,8,9). The summed E-state index contributed by atoms with van der Waals surface area (Å²) in [6.45, 7) is 0.644. The highest BCUT2D eigenvalue weighted by molar-refractivity contribution is 7.85. The highest BCUT2D eigenvalue weighted by atomic mass is 32.2. The Bertz CT molecular complexity index is 173. The second-order valence-corrected chi connectivity index (χ2v) is 3.91. The molecule has 0 saturated heterocycles. The number of unbranched alkanes of at least 4 members (excludes halogenated alkanes) is 2. The van der Waals surface area contributed by atoms with Gasteiger partial charge in [-0.05, 0) is 12.8 Å². The van der Waals surface area contributed by atoms with Crippen LogP contribution in [-0.4, -0.2) is 32.4 Å². The zero-order valence-corrected chi connectivity index (χ0v) is 7.43. The molecular weight excluding hydrogens is 168 g/mol. The van der Waals surface area contributed by atoms with Crippen molar-refractivity contribution >= 4 is 10.1 Å². The lowest BCUT2D eigenvalue weighted by Crippen LogP contribution is -2.03. The summed E-state index contributed by atoms with van der Waals surface area (Å²) >= 11 is 0. The lowest BCUT2D eigenvalue weighted by atomic mass is 10.3. The molecule has 0 fully saturated rings. The number of rotatable bonds is 6. The predicted octanol–water partition coefficient (Wildman–Crippen LogP) is 0.691. The van der Waals surface area contributed by atoms with Gasteiger partial charge in [0.25, 0.3) is 10.1 Å². The first-order chi connectivity index (χ1) is 5.06. The van der Waals surface area contributed by atoms with Crippen molar-refractivity contribution in [1.82, 2.24) is 0 Å². The largest absolute Gasteiger partial charge is 0.385 e. The second kappa shape index (κ2) is 5.51. The van der Waals surface area contributed by atoms with Crippen LogP contribution in [0.5, 0.6) is 0 Å². The molecule has 0 amide bonds. The van der Waals surface area contributed by atoms with Gasteiger partial charge in [0.1, 0.15) is 0 Å². The summed E-state index contributed by atoms with van der Waals surface area (Å²) in [6, 6.07) is 0. The van der Waals surface area contributed by atoms with Crippen LogP contribution in [0, 0.1) is 0 Å².